The van der Waals surface area contributed by atoms with Crippen molar-refractivity contribution in [3.63, 3.8) is 0 Å². The van der Waals surface area contributed by atoms with E-state index in [0.29, 0.717) is 17.9 Å². The van der Waals surface area contributed by atoms with Crippen LogP contribution in [0.15, 0.2) is 36.8 Å². The van der Waals surface area contributed by atoms with Crippen LogP contribution in [0.3, 0.4) is 0 Å². The van der Waals surface area contributed by atoms with Gasteiger partial charge in [0.15, 0.2) is 5.82 Å². The monoisotopic (exact) mass is 451 g/mol. The van der Waals surface area contributed by atoms with Gasteiger partial charge in [-0.05, 0) is 36.6 Å². The Labute approximate surface area is 192 Å². The van der Waals surface area contributed by atoms with Crippen molar-refractivity contribution in [2.45, 2.75) is 31.8 Å². The number of benzene rings is 1. The number of halogens is 1. The van der Waals surface area contributed by atoms with Crippen LogP contribution >= 0.6 is 11.6 Å². The molecule has 0 atom stereocenters. The standard InChI is InChI=1S/C23H26ClN7O/c1-32-7-6-29-12-16-8-18(24)2-3-19(16)31-21(13-29)27-28-22(31)17-9-23(10-17)14-30(15-23)20-11-25-4-5-26-20/h2-5,8,11,17H,6-7,9-10,12-15H2,1H3. The summed E-state index contributed by atoms with van der Waals surface area (Å²) in [5.74, 6) is 3.47. The molecule has 0 amide bonds. The number of ether oxygens (including phenoxy) is 1. The van der Waals surface area contributed by atoms with Gasteiger partial charge in [0.25, 0.3) is 0 Å². The van der Waals surface area contributed by atoms with E-state index < -0.39 is 0 Å². The molecule has 3 aromatic rings. The average Bonchev–Trinajstić information content (AvgIpc) is 3.07. The summed E-state index contributed by atoms with van der Waals surface area (Å²) in [6, 6.07) is 6.15. The lowest BCUT2D eigenvalue weighted by molar-refractivity contribution is 0.0581. The maximum Gasteiger partial charge on any atom is 0.151 e. The maximum atomic E-state index is 6.35. The molecule has 0 N–H and O–H groups in total. The number of rotatable bonds is 5. The molecule has 1 saturated carbocycles. The third kappa shape index (κ3) is 3.37. The molecule has 1 saturated heterocycles. The molecule has 0 unspecified atom stereocenters. The Morgan fingerprint density at radius 3 is 2.81 bits per heavy atom. The van der Waals surface area contributed by atoms with Gasteiger partial charge < -0.3 is 9.64 Å². The molecule has 6 rings (SSSR count). The first-order valence-corrected chi connectivity index (χ1v) is 11.5. The average molecular weight is 452 g/mol. The van der Waals surface area contributed by atoms with Gasteiger partial charge in [-0.1, -0.05) is 11.6 Å². The normalized spacial score (nSPS) is 19.8. The number of hydrogen-bond donors (Lipinski definition) is 0. The SMILES string of the molecule is COCCN1Cc2cc(Cl)ccc2-n2c(nnc2C2CC3(C2)CN(c2cnccn2)C3)C1. The topological polar surface area (TPSA) is 72.2 Å². The summed E-state index contributed by atoms with van der Waals surface area (Å²) in [6.45, 7) is 5.19. The molecule has 166 valence electrons. The Balaban J connectivity index is 1.24. The molecular weight excluding hydrogens is 426 g/mol. The van der Waals surface area contributed by atoms with Gasteiger partial charge in [0.2, 0.25) is 0 Å². The van der Waals surface area contributed by atoms with E-state index in [9.17, 15) is 0 Å². The van der Waals surface area contributed by atoms with E-state index in [4.69, 9.17) is 16.3 Å². The second-order valence-electron chi connectivity index (χ2n) is 9.31. The minimum absolute atomic E-state index is 0.368. The summed E-state index contributed by atoms with van der Waals surface area (Å²) in [6.07, 6.45) is 7.60. The molecule has 2 aliphatic heterocycles. The van der Waals surface area contributed by atoms with Gasteiger partial charge in [-0.3, -0.25) is 14.5 Å². The fraction of sp³-hybridized carbons (Fsp3) is 0.478. The van der Waals surface area contributed by atoms with E-state index in [1.165, 1.54) is 5.56 Å². The number of methoxy groups -OCH3 is 1. The zero-order valence-electron chi connectivity index (χ0n) is 18.1. The lowest BCUT2D eigenvalue weighted by atomic mass is 9.57. The number of hydrogen-bond acceptors (Lipinski definition) is 7. The van der Waals surface area contributed by atoms with Gasteiger partial charge >= 0.3 is 0 Å². The van der Waals surface area contributed by atoms with E-state index in [-0.39, 0.29) is 0 Å². The summed E-state index contributed by atoms with van der Waals surface area (Å²) in [4.78, 5) is 13.3. The van der Waals surface area contributed by atoms with Gasteiger partial charge in [0, 0.05) is 62.0 Å². The summed E-state index contributed by atoms with van der Waals surface area (Å²) in [5.41, 5.74) is 2.73. The largest absolute Gasteiger partial charge is 0.383 e. The molecule has 0 bridgehead atoms. The lowest BCUT2D eigenvalue weighted by Gasteiger charge is -2.59. The fourth-order valence-corrected chi connectivity index (χ4v) is 5.73. The smallest absolute Gasteiger partial charge is 0.151 e. The third-order valence-electron chi connectivity index (χ3n) is 7.06. The van der Waals surface area contributed by atoms with Crippen LogP contribution in [-0.2, 0) is 17.8 Å². The molecule has 9 heteroatoms. The predicted octanol–water partition coefficient (Wildman–Crippen LogP) is 3.06. The molecule has 2 fully saturated rings. The maximum absolute atomic E-state index is 6.35. The van der Waals surface area contributed by atoms with E-state index >= 15 is 0 Å². The summed E-state index contributed by atoms with van der Waals surface area (Å²) in [7, 11) is 1.74. The molecule has 3 aliphatic rings. The van der Waals surface area contributed by atoms with Gasteiger partial charge in [-0.25, -0.2) is 4.98 Å². The van der Waals surface area contributed by atoms with Gasteiger partial charge in [-0.2, -0.15) is 0 Å². The molecule has 1 spiro atoms. The molecular formula is C23H26ClN7O. The number of aromatic nitrogens is 5. The van der Waals surface area contributed by atoms with Gasteiger partial charge in [0.05, 0.1) is 25.0 Å². The van der Waals surface area contributed by atoms with Crippen LogP contribution in [0.2, 0.25) is 5.02 Å². The van der Waals surface area contributed by atoms with E-state index in [2.05, 4.69) is 46.7 Å². The molecule has 32 heavy (non-hydrogen) atoms. The summed E-state index contributed by atoms with van der Waals surface area (Å²) < 4.78 is 7.60. The van der Waals surface area contributed by atoms with Crippen molar-refractivity contribution < 1.29 is 4.74 Å². The first-order valence-electron chi connectivity index (χ1n) is 11.1. The van der Waals surface area contributed by atoms with Gasteiger partial charge in [-0.15, -0.1) is 10.2 Å². The molecule has 0 radical (unpaired) electrons. The Bertz CT molecular complexity index is 1120. The lowest BCUT2D eigenvalue weighted by Crippen LogP contribution is -2.62. The van der Waals surface area contributed by atoms with E-state index in [1.807, 2.05) is 12.3 Å². The third-order valence-corrected chi connectivity index (χ3v) is 7.29. The Morgan fingerprint density at radius 1 is 1.16 bits per heavy atom. The zero-order chi connectivity index (χ0) is 21.7. The Morgan fingerprint density at radius 2 is 2.03 bits per heavy atom. The number of anilines is 1. The highest BCUT2D eigenvalue weighted by atomic mass is 35.5. The molecule has 8 nitrogen and oxygen atoms in total. The van der Waals surface area contributed by atoms with Crippen LogP contribution in [0.5, 0.6) is 0 Å². The fourth-order valence-electron chi connectivity index (χ4n) is 5.54. The quantitative estimate of drug-likeness (QED) is 0.590. The highest BCUT2D eigenvalue weighted by Gasteiger charge is 2.54. The van der Waals surface area contributed by atoms with Gasteiger partial charge in [0.1, 0.15) is 11.6 Å². The first kappa shape index (κ1) is 20.1. The van der Waals surface area contributed by atoms with Crippen molar-refractivity contribution in [3.05, 3.63) is 59.0 Å². The second kappa shape index (κ2) is 7.79. The summed E-state index contributed by atoms with van der Waals surface area (Å²) >= 11 is 6.35. The Hall–Kier alpha value is -2.55. The molecule has 4 heterocycles. The first-order chi connectivity index (χ1) is 15.6. The van der Waals surface area contributed by atoms with E-state index in [0.717, 1.165) is 73.7 Å². The minimum Gasteiger partial charge on any atom is -0.383 e. The number of nitrogens with zero attached hydrogens (tertiary/aromatic N) is 7. The van der Waals surface area contributed by atoms with Crippen LogP contribution in [-0.4, -0.2) is 63.0 Å². The predicted molar refractivity (Wildman–Crippen MR) is 121 cm³/mol. The van der Waals surface area contributed by atoms with Crippen molar-refractivity contribution in [3.8, 4) is 5.69 Å². The van der Waals surface area contributed by atoms with Crippen LogP contribution in [0.4, 0.5) is 5.82 Å². The number of fused-ring (bicyclic) bond motifs is 3. The summed E-state index contributed by atoms with van der Waals surface area (Å²) in [5, 5.41) is 10.1. The van der Waals surface area contributed by atoms with Crippen molar-refractivity contribution >= 4 is 17.4 Å². The van der Waals surface area contributed by atoms with Crippen molar-refractivity contribution in [2.75, 3.05) is 38.3 Å². The zero-order valence-corrected chi connectivity index (χ0v) is 18.9. The molecule has 2 aromatic heterocycles. The van der Waals surface area contributed by atoms with Crippen LogP contribution in [0.1, 0.15) is 36.0 Å². The van der Waals surface area contributed by atoms with Crippen LogP contribution < -0.4 is 4.90 Å². The van der Waals surface area contributed by atoms with E-state index in [1.54, 1.807) is 19.5 Å². The molecule has 1 aromatic carbocycles. The van der Waals surface area contributed by atoms with Crippen molar-refractivity contribution in [2.24, 2.45) is 5.41 Å². The highest BCUT2D eigenvalue weighted by molar-refractivity contribution is 6.30. The Kier molecular flexibility index (Phi) is 4.89. The van der Waals surface area contributed by atoms with Crippen LogP contribution in [0, 0.1) is 5.41 Å². The van der Waals surface area contributed by atoms with Crippen LogP contribution in [0.25, 0.3) is 5.69 Å². The van der Waals surface area contributed by atoms with Crippen molar-refractivity contribution in [1.29, 1.82) is 0 Å². The van der Waals surface area contributed by atoms with Crippen molar-refractivity contribution in [1.82, 2.24) is 29.6 Å². The second-order valence-corrected chi connectivity index (χ2v) is 9.75. The minimum atomic E-state index is 0.368. The highest BCUT2D eigenvalue weighted by Crippen LogP contribution is 2.56. The molecule has 1 aliphatic carbocycles.